The Bertz CT molecular complexity index is 996. The van der Waals surface area contributed by atoms with Gasteiger partial charge in [0.05, 0.1) is 17.7 Å². The summed E-state index contributed by atoms with van der Waals surface area (Å²) in [5.74, 6) is 1.96. The molecule has 0 saturated carbocycles. The summed E-state index contributed by atoms with van der Waals surface area (Å²) < 4.78 is 11.2. The number of esters is 1. The third kappa shape index (κ3) is 5.40. The Morgan fingerprint density at radius 1 is 1.17 bits per heavy atom. The molecule has 0 bridgehead atoms. The van der Waals surface area contributed by atoms with Gasteiger partial charge in [0.25, 0.3) is 0 Å². The van der Waals surface area contributed by atoms with Crippen molar-refractivity contribution in [3.05, 3.63) is 53.9 Å². The van der Waals surface area contributed by atoms with Crippen molar-refractivity contribution in [2.75, 3.05) is 30.8 Å². The molecular formula is C22H26N4O3S. The SMILES string of the molecule is CCOC(=O)c1cnc2ccc(OCc3ccc(NCCN)nc3)cc2c1SCC. The Kier molecular flexibility index (Phi) is 7.87. The molecule has 0 amide bonds. The minimum atomic E-state index is -0.358. The fraction of sp³-hybridized carbons (Fsp3) is 0.318. The molecule has 0 aliphatic rings. The van der Waals surface area contributed by atoms with E-state index in [2.05, 4.69) is 15.3 Å². The van der Waals surface area contributed by atoms with E-state index in [9.17, 15) is 4.79 Å². The number of anilines is 1. The number of pyridine rings is 2. The van der Waals surface area contributed by atoms with Crippen molar-refractivity contribution < 1.29 is 14.3 Å². The average molecular weight is 427 g/mol. The summed E-state index contributed by atoms with van der Waals surface area (Å²) in [6.45, 7) is 5.78. The third-order valence-electron chi connectivity index (χ3n) is 4.25. The molecule has 1 aromatic carbocycles. The highest BCUT2D eigenvalue weighted by Gasteiger charge is 2.17. The zero-order chi connectivity index (χ0) is 21.3. The molecule has 30 heavy (non-hydrogen) atoms. The Morgan fingerprint density at radius 3 is 2.73 bits per heavy atom. The topological polar surface area (TPSA) is 99.4 Å². The van der Waals surface area contributed by atoms with Crippen LogP contribution in [0.15, 0.2) is 47.6 Å². The van der Waals surface area contributed by atoms with E-state index in [1.807, 2.05) is 37.3 Å². The zero-order valence-electron chi connectivity index (χ0n) is 17.2. The summed E-state index contributed by atoms with van der Waals surface area (Å²) in [7, 11) is 0. The fourth-order valence-electron chi connectivity index (χ4n) is 2.87. The minimum absolute atomic E-state index is 0.324. The summed E-state index contributed by atoms with van der Waals surface area (Å²) in [4.78, 5) is 22.0. The van der Waals surface area contributed by atoms with Crippen LogP contribution >= 0.6 is 11.8 Å². The summed E-state index contributed by atoms with van der Waals surface area (Å²) in [5, 5.41) is 4.01. The lowest BCUT2D eigenvalue weighted by Gasteiger charge is -2.13. The number of nitrogens with two attached hydrogens (primary N) is 1. The van der Waals surface area contributed by atoms with Gasteiger partial charge in [0.1, 0.15) is 18.2 Å². The van der Waals surface area contributed by atoms with E-state index in [-0.39, 0.29) is 5.97 Å². The van der Waals surface area contributed by atoms with Crippen LogP contribution < -0.4 is 15.8 Å². The van der Waals surface area contributed by atoms with Crippen LogP contribution in [0.1, 0.15) is 29.8 Å². The number of thioether (sulfide) groups is 1. The van der Waals surface area contributed by atoms with Crippen molar-refractivity contribution in [3.63, 3.8) is 0 Å². The van der Waals surface area contributed by atoms with Gasteiger partial charge >= 0.3 is 5.97 Å². The number of ether oxygens (including phenoxy) is 2. The maximum absolute atomic E-state index is 12.3. The van der Waals surface area contributed by atoms with E-state index in [0.717, 1.165) is 32.9 Å². The smallest absolute Gasteiger partial charge is 0.340 e. The Morgan fingerprint density at radius 2 is 2.03 bits per heavy atom. The van der Waals surface area contributed by atoms with Gasteiger partial charge in [-0.25, -0.2) is 9.78 Å². The lowest BCUT2D eigenvalue weighted by Crippen LogP contribution is -2.13. The van der Waals surface area contributed by atoms with Crippen LogP contribution in [0.3, 0.4) is 0 Å². The quantitative estimate of drug-likeness (QED) is 0.372. The molecule has 0 atom stereocenters. The van der Waals surface area contributed by atoms with Gasteiger partial charge in [-0.15, -0.1) is 11.8 Å². The van der Waals surface area contributed by atoms with Gasteiger partial charge in [-0.05, 0) is 36.9 Å². The molecule has 8 heteroatoms. The summed E-state index contributed by atoms with van der Waals surface area (Å²) in [5.41, 5.74) is 7.73. The monoisotopic (exact) mass is 426 g/mol. The highest BCUT2D eigenvalue weighted by Crippen LogP contribution is 2.33. The molecule has 0 radical (unpaired) electrons. The molecule has 3 rings (SSSR count). The molecule has 0 unspecified atom stereocenters. The van der Waals surface area contributed by atoms with E-state index in [1.165, 1.54) is 0 Å². The molecule has 3 N–H and O–H groups in total. The summed E-state index contributed by atoms with van der Waals surface area (Å²) in [6, 6.07) is 9.57. The number of hydrogen-bond acceptors (Lipinski definition) is 8. The van der Waals surface area contributed by atoms with Gasteiger partial charge in [-0.2, -0.15) is 0 Å². The number of nitrogens with one attached hydrogen (secondary N) is 1. The van der Waals surface area contributed by atoms with Crippen LogP contribution in [0.25, 0.3) is 10.9 Å². The number of nitrogens with zero attached hydrogens (tertiary/aromatic N) is 2. The Balaban J connectivity index is 1.81. The van der Waals surface area contributed by atoms with Crippen LogP contribution in [-0.2, 0) is 11.3 Å². The first kappa shape index (κ1) is 21.9. The van der Waals surface area contributed by atoms with Gasteiger partial charge < -0.3 is 20.5 Å². The standard InChI is InChI=1S/C22H26N4O3S/c1-3-28-22(27)18-13-25-19-7-6-16(11-17(19)21(18)30-4-2)29-14-15-5-8-20(26-12-15)24-10-9-23/h5-8,11-13H,3-4,9-10,14,23H2,1-2H3,(H,24,26). The van der Waals surface area contributed by atoms with Gasteiger partial charge in [0.15, 0.2) is 0 Å². The number of carbonyl (C=O) groups is 1. The molecule has 0 aliphatic carbocycles. The van der Waals surface area contributed by atoms with E-state index < -0.39 is 0 Å². The molecule has 3 aromatic rings. The molecule has 0 spiro atoms. The minimum Gasteiger partial charge on any atom is -0.489 e. The first-order chi connectivity index (χ1) is 14.7. The van der Waals surface area contributed by atoms with Crippen molar-refractivity contribution in [2.24, 2.45) is 5.73 Å². The van der Waals surface area contributed by atoms with Crippen LogP contribution in [-0.4, -0.2) is 41.4 Å². The van der Waals surface area contributed by atoms with E-state index in [0.29, 0.717) is 37.6 Å². The van der Waals surface area contributed by atoms with E-state index in [4.69, 9.17) is 15.2 Å². The molecule has 0 aliphatic heterocycles. The average Bonchev–Trinajstić information content (AvgIpc) is 2.77. The van der Waals surface area contributed by atoms with Crippen LogP contribution in [0.5, 0.6) is 5.75 Å². The largest absolute Gasteiger partial charge is 0.489 e. The van der Waals surface area contributed by atoms with Crippen LogP contribution in [0.2, 0.25) is 0 Å². The number of rotatable bonds is 10. The molecule has 2 heterocycles. The van der Waals surface area contributed by atoms with Crippen molar-refractivity contribution in [1.29, 1.82) is 0 Å². The first-order valence-corrected chi connectivity index (χ1v) is 10.9. The third-order valence-corrected chi connectivity index (χ3v) is 5.27. The van der Waals surface area contributed by atoms with E-state index in [1.54, 1.807) is 31.1 Å². The second-order valence-electron chi connectivity index (χ2n) is 6.39. The number of aromatic nitrogens is 2. The molecule has 2 aromatic heterocycles. The molecule has 7 nitrogen and oxygen atoms in total. The summed E-state index contributed by atoms with van der Waals surface area (Å²) in [6.07, 6.45) is 3.36. The lowest BCUT2D eigenvalue weighted by atomic mass is 10.1. The van der Waals surface area contributed by atoms with Gasteiger partial charge in [-0.3, -0.25) is 4.98 Å². The van der Waals surface area contributed by atoms with Gasteiger partial charge in [0, 0.05) is 41.3 Å². The number of carbonyl (C=O) groups excluding carboxylic acids is 1. The second kappa shape index (κ2) is 10.8. The van der Waals surface area contributed by atoms with Crippen molar-refractivity contribution in [2.45, 2.75) is 25.3 Å². The molecule has 158 valence electrons. The van der Waals surface area contributed by atoms with E-state index >= 15 is 0 Å². The van der Waals surface area contributed by atoms with Crippen LogP contribution in [0.4, 0.5) is 5.82 Å². The Hall–Kier alpha value is -2.84. The van der Waals surface area contributed by atoms with Gasteiger partial charge in [-0.1, -0.05) is 13.0 Å². The zero-order valence-corrected chi connectivity index (χ0v) is 18.0. The highest BCUT2D eigenvalue weighted by atomic mass is 32.2. The number of fused-ring (bicyclic) bond motifs is 1. The Labute approximate surface area is 180 Å². The maximum atomic E-state index is 12.3. The highest BCUT2D eigenvalue weighted by molar-refractivity contribution is 7.99. The van der Waals surface area contributed by atoms with Crippen molar-refractivity contribution in [3.8, 4) is 5.75 Å². The summed E-state index contributed by atoms with van der Waals surface area (Å²) >= 11 is 1.59. The molecular weight excluding hydrogens is 400 g/mol. The van der Waals surface area contributed by atoms with Crippen LogP contribution in [0, 0.1) is 0 Å². The van der Waals surface area contributed by atoms with Gasteiger partial charge in [0.2, 0.25) is 0 Å². The lowest BCUT2D eigenvalue weighted by molar-refractivity contribution is 0.0522. The predicted molar refractivity (Wildman–Crippen MR) is 120 cm³/mol. The fourth-order valence-corrected chi connectivity index (χ4v) is 3.77. The number of benzene rings is 1. The second-order valence-corrected chi connectivity index (χ2v) is 7.66. The predicted octanol–water partition coefficient (Wildman–Crippen LogP) is 3.87. The number of hydrogen-bond donors (Lipinski definition) is 2. The first-order valence-electron chi connectivity index (χ1n) is 9.90. The molecule has 0 saturated heterocycles. The van der Waals surface area contributed by atoms with Crippen molar-refractivity contribution in [1.82, 2.24) is 9.97 Å². The normalized spacial score (nSPS) is 10.8. The molecule has 0 fully saturated rings. The maximum Gasteiger partial charge on any atom is 0.340 e. The van der Waals surface area contributed by atoms with Crippen molar-refractivity contribution >= 4 is 34.5 Å².